The van der Waals surface area contributed by atoms with Gasteiger partial charge in [0.15, 0.2) is 0 Å². The van der Waals surface area contributed by atoms with Gasteiger partial charge in [-0.3, -0.25) is 0 Å². The van der Waals surface area contributed by atoms with Gasteiger partial charge >= 0.3 is 0 Å². The normalized spacial score (nSPS) is 28.0. The Labute approximate surface area is 121 Å². The van der Waals surface area contributed by atoms with Crippen LogP contribution in [0.25, 0.3) is 0 Å². The van der Waals surface area contributed by atoms with Gasteiger partial charge in [0.05, 0.1) is 18.6 Å². The second-order valence-electron chi connectivity index (χ2n) is 5.52. The van der Waals surface area contributed by atoms with E-state index in [4.69, 9.17) is 4.74 Å². The molecule has 1 N–H and O–H groups in total. The second kappa shape index (κ2) is 5.21. The van der Waals surface area contributed by atoms with E-state index in [0.717, 1.165) is 32.8 Å². The smallest absolute Gasteiger partial charge is 0.0594 e. The monoisotopic (exact) mass is 330 g/mol. The zero-order valence-corrected chi connectivity index (χ0v) is 13.0. The molecule has 2 fully saturated rings. The molecule has 18 heavy (non-hydrogen) atoms. The van der Waals surface area contributed by atoms with E-state index in [0.29, 0.717) is 6.04 Å². The highest BCUT2D eigenvalue weighted by molar-refractivity contribution is 9.10. The third kappa shape index (κ3) is 2.51. The van der Waals surface area contributed by atoms with E-state index >= 15 is 0 Å². The Kier molecular flexibility index (Phi) is 3.78. The van der Waals surface area contributed by atoms with Gasteiger partial charge in [0.2, 0.25) is 0 Å². The summed E-state index contributed by atoms with van der Waals surface area (Å²) < 4.78 is 6.72. The fourth-order valence-corrected chi connectivity index (χ4v) is 4.51. The van der Waals surface area contributed by atoms with Crippen LogP contribution in [-0.2, 0) is 10.2 Å². The first-order valence-electron chi connectivity index (χ1n) is 6.42. The molecule has 2 aliphatic heterocycles. The van der Waals surface area contributed by atoms with E-state index < -0.39 is 0 Å². The molecule has 0 saturated carbocycles. The molecular formula is C13H19BrN2OS. The maximum atomic E-state index is 5.52. The van der Waals surface area contributed by atoms with Crippen LogP contribution in [0.4, 0.5) is 0 Å². The summed E-state index contributed by atoms with van der Waals surface area (Å²) in [6.45, 7) is 5.16. The summed E-state index contributed by atoms with van der Waals surface area (Å²) >= 11 is 5.41. The molecule has 3 nitrogen and oxygen atoms in total. The van der Waals surface area contributed by atoms with Gasteiger partial charge in [-0.05, 0) is 35.5 Å². The van der Waals surface area contributed by atoms with Crippen LogP contribution < -0.4 is 5.32 Å². The van der Waals surface area contributed by atoms with Crippen LogP contribution in [-0.4, -0.2) is 50.8 Å². The lowest BCUT2D eigenvalue weighted by molar-refractivity contribution is -0.0688. The number of ether oxygens (including phenoxy) is 1. The van der Waals surface area contributed by atoms with Gasteiger partial charge in [-0.15, -0.1) is 11.3 Å². The molecule has 3 heterocycles. The summed E-state index contributed by atoms with van der Waals surface area (Å²) in [6.07, 6.45) is 1.18. The van der Waals surface area contributed by atoms with E-state index in [-0.39, 0.29) is 5.41 Å². The van der Waals surface area contributed by atoms with Crippen molar-refractivity contribution in [1.29, 1.82) is 0 Å². The molecular weight excluding hydrogens is 312 g/mol. The highest BCUT2D eigenvalue weighted by atomic mass is 79.9. The van der Waals surface area contributed by atoms with Gasteiger partial charge < -0.3 is 15.0 Å². The van der Waals surface area contributed by atoms with Crippen LogP contribution in [0.3, 0.4) is 0 Å². The summed E-state index contributed by atoms with van der Waals surface area (Å²) in [4.78, 5) is 3.88. The van der Waals surface area contributed by atoms with Gasteiger partial charge in [-0.2, -0.15) is 0 Å². The molecule has 100 valence electrons. The van der Waals surface area contributed by atoms with Crippen molar-refractivity contribution in [1.82, 2.24) is 10.2 Å². The number of nitrogens with zero attached hydrogens (tertiary/aromatic N) is 1. The number of piperazine rings is 1. The Hall–Kier alpha value is 0.0600. The molecule has 2 saturated heterocycles. The molecule has 0 bridgehead atoms. The molecule has 0 spiro atoms. The van der Waals surface area contributed by atoms with E-state index in [1.807, 2.05) is 11.3 Å². The maximum absolute atomic E-state index is 5.52. The molecule has 0 amide bonds. The lowest BCUT2D eigenvalue weighted by Gasteiger charge is -2.44. The molecule has 2 aliphatic rings. The standard InChI is InChI=1S/C13H19BrN2OS/c1-16-3-2-15-11(6-16)5-13(8-17-9-13)12-4-10(14)7-18-12/h4,7,11,15H,2-3,5-6,8-9H2,1H3. The van der Waals surface area contributed by atoms with E-state index in [2.05, 4.69) is 44.6 Å². The molecule has 1 unspecified atom stereocenters. The Morgan fingerprint density at radius 1 is 1.61 bits per heavy atom. The van der Waals surface area contributed by atoms with Gasteiger partial charge in [-0.1, -0.05) is 0 Å². The number of hydrogen-bond acceptors (Lipinski definition) is 4. The molecule has 1 atom stereocenters. The van der Waals surface area contributed by atoms with Crippen molar-refractivity contribution >= 4 is 27.3 Å². The van der Waals surface area contributed by atoms with Crippen LogP contribution in [0.2, 0.25) is 0 Å². The Morgan fingerprint density at radius 2 is 2.44 bits per heavy atom. The molecule has 0 aromatic carbocycles. The maximum Gasteiger partial charge on any atom is 0.0594 e. The van der Waals surface area contributed by atoms with E-state index in [1.165, 1.54) is 15.8 Å². The quantitative estimate of drug-likeness (QED) is 0.918. The molecule has 0 radical (unpaired) electrons. The van der Waals surface area contributed by atoms with Crippen molar-refractivity contribution in [2.45, 2.75) is 17.9 Å². The summed E-state index contributed by atoms with van der Waals surface area (Å²) in [5.41, 5.74) is 0.256. The number of nitrogens with one attached hydrogen (secondary N) is 1. The van der Waals surface area contributed by atoms with Crippen molar-refractivity contribution < 1.29 is 4.74 Å². The summed E-state index contributed by atoms with van der Waals surface area (Å²) in [6, 6.07) is 2.85. The van der Waals surface area contributed by atoms with E-state index in [9.17, 15) is 0 Å². The summed E-state index contributed by atoms with van der Waals surface area (Å²) in [5.74, 6) is 0. The van der Waals surface area contributed by atoms with Crippen LogP contribution in [0.15, 0.2) is 15.9 Å². The minimum atomic E-state index is 0.256. The second-order valence-corrected chi connectivity index (χ2v) is 7.35. The molecule has 5 heteroatoms. The van der Waals surface area contributed by atoms with Crippen molar-refractivity contribution in [2.75, 3.05) is 39.9 Å². The predicted octanol–water partition coefficient (Wildman–Crippen LogP) is 2.07. The SMILES string of the molecule is CN1CCNC(CC2(c3cc(Br)cs3)COC2)C1. The number of rotatable bonds is 3. The minimum absolute atomic E-state index is 0.256. The Morgan fingerprint density at radius 3 is 3.00 bits per heavy atom. The topological polar surface area (TPSA) is 24.5 Å². The summed E-state index contributed by atoms with van der Waals surface area (Å²) in [7, 11) is 2.21. The van der Waals surface area contributed by atoms with Crippen molar-refractivity contribution in [3.8, 4) is 0 Å². The Bertz CT molecular complexity index is 419. The molecule has 1 aromatic rings. The van der Waals surface area contributed by atoms with Crippen molar-refractivity contribution in [3.63, 3.8) is 0 Å². The average Bonchev–Trinajstić information content (AvgIpc) is 2.71. The van der Waals surface area contributed by atoms with Crippen LogP contribution in [0.5, 0.6) is 0 Å². The van der Waals surface area contributed by atoms with Gasteiger partial charge in [0, 0.05) is 40.4 Å². The highest BCUT2D eigenvalue weighted by Gasteiger charge is 2.43. The predicted molar refractivity (Wildman–Crippen MR) is 78.4 cm³/mol. The first kappa shape index (κ1) is 13.1. The largest absolute Gasteiger partial charge is 0.379 e. The van der Waals surface area contributed by atoms with Gasteiger partial charge in [0.1, 0.15) is 0 Å². The molecule has 3 rings (SSSR count). The molecule has 1 aromatic heterocycles. The van der Waals surface area contributed by atoms with Gasteiger partial charge in [-0.25, -0.2) is 0 Å². The first-order valence-corrected chi connectivity index (χ1v) is 8.09. The highest BCUT2D eigenvalue weighted by Crippen LogP contribution is 2.41. The van der Waals surface area contributed by atoms with E-state index in [1.54, 1.807) is 0 Å². The number of thiophene rings is 1. The lowest BCUT2D eigenvalue weighted by atomic mass is 9.78. The number of likely N-dealkylation sites (N-methyl/N-ethyl adjacent to an activating group) is 1. The fraction of sp³-hybridized carbons (Fsp3) is 0.692. The van der Waals surface area contributed by atoms with Crippen LogP contribution in [0.1, 0.15) is 11.3 Å². The Balaban J connectivity index is 1.72. The van der Waals surface area contributed by atoms with Crippen molar-refractivity contribution in [3.05, 3.63) is 20.8 Å². The molecule has 0 aliphatic carbocycles. The number of halogens is 1. The first-order chi connectivity index (χ1) is 8.68. The third-order valence-electron chi connectivity index (χ3n) is 3.94. The summed E-state index contributed by atoms with van der Waals surface area (Å²) in [5, 5.41) is 5.82. The van der Waals surface area contributed by atoms with Crippen LogP contribution >= 0.6 is 27.3 Å². The third-order valence-corrected chi connectivity index (χ3v) is 5.88. The lowest BCUT2D eigenvalue weighted by Crippen LogP contribution is -2.56. The number of hydrogen-bond donors (Lipinski definition) is 1. The van der Waals surface area contributed by atoms with Gasteiger partial charge in [0.25, 0.3) is 0 Å². The van der Waals surface area contributed by atoms with Crippen molar-refractivity contribution in [2.24, 2.45) is 0 Å². The van der Waals surface area contributed by atoms with Crippen LogP contribution in [0, 0.1) is 0 Å². The zero-order valence-electron chi connectivity index (χ0n) is 10.6. The zero-order chi connectivity index (χ0) is 12.6. The minimum Gasteiger partial charge on any atom is -0.379 e. The fourth-order valence-electron chi connectivity index (χ4n) is 2.90. The average molecular weight is 331 g/mol.